The van der Waals surface area contributed by atoms with Gasteiger partial charge < -0.3 is 9.16 Å². The third-order valence-corrected chi connectivity index (χ3v) is 13.3. The predicted molar refractivity (Wildman–Crippen MR) is 182 cm³/mol. The first-order chi connectivity index (χ1) is 20.6. The van der Waals surface area contributed by atoms with E-state index >= 15 is 0 Å². The third-order valence-electron chi connectivity index (χ3n) is 8.72. The summed E-state index contributed by atoms with van der Waals surface area (Å²) in [6.07, 6.45) is 17.3. The summed E-state index contributed by atoms with van der Waals surface area (Å²) in [5, 5.41) is 0.0493. The molecular formula is C37H55NO5Si. The molecule has 1 aliphatic heterocycles. The molecular weight excluding hydrogens is 566 g/mol. The fourth-order valence-corrected chi connectivity index (χ4v) is 6.29. The summed E-state index contributed by atoms with van der Waals surface area (Å²) >= 11 is 0. The highest BCUT2D eigenvalue weighted by Crippen LogP contribution is 2.38. The second-order valence-corrected chi connectivity index (χ2v) is 18.3. The molecule has 2 amide bonds. The van der Waals surface area contributed by atoms with Crippen molar-refractivity contribution in [3.05, 3.63) is 83.7 Å². The summed E-state index contributed by atoms with van der Waals surface area (Å²) in [5.74, 6) is -0.917. The number of amides is 2. The Labute approximate surface area is 267 Å². The van der Waals surface area contributed by atoms with Crippen LogP contribution in [0.3, 0.4) is 0 Å². The van der Waals surface area contributed by atoms with E-state index in [-0.39, 0.29) is 29.2 Å². The molecule has 0 N–H and O–H groups in total. The van der Waals surface area contributed by atoms with Crippen LogP contribution in [-0.4, -0.2) is 43.1 Å². The SMILES string of the molecule is C/C=C(C)/C=C/C=C/C[C@H](C)CCC[C@H](CCC(=O)OC1=CC(Cc2ccccc2)N(C(C)=O)C1=O)O[Si](C)(C)C(C)(C)C. The Morgan fingerprint density at radius 1 is 1.05 bits per heavy atom. The van der Waals surface area contributed by atoms with Crippen molar-refractivity contribution in [3.63, 3.8) is 0 Å². The Bertz CT molecular complexity index is 1220. The molecule has 0 spiro atoms. The molecule has 0 saturated carbocycles. The molecule has 2 rings (SSSR count). The number of carbonyl (C=O) groups is 3. The number of ether oxygens (including phenoxy) is 1. The molecule has 1 aromatic carbocycles. The minimum absolute atomic E-state index is 0.0493. The smallest absolute Gasteiger partial charge is 0.311 e. The number of imide groups is 1. The van der Waals surface area contributed by atoms with E-state index in [1.165, 1.54) is 17.4 Å². The summed E-state index contributed by atoms with van der Waals surface area (Å²) in [5.41, 5.74) is 2.24. The maximum Gasteiger partial charge on any atom is 0.311 e. The van der Waals surface area contributed by atoms with E-state index in [0.717, 1.165) is 31.2 Å². The van der Waals surface area contributed by atoms with Gasteiger partial charge in [0, 0.05) is 19.4 Å². The molecule has 3 atom stereocenters. The zero-order valence-electron chi connectivity index (χ0n) is 28.5. The molecule has 44 heavy (non-hydrogen) atoms. The van der Waals surface area contributed by atoms with E-state index in [1.807, 2.05) is 37.3 Å². The van der Waals surface area contributed by atoms with Crippen LogP contribution >= 0.6 is 0 Å². The van der Waals surface area contributed by atoms with Gasteiger partial charge >= 0.3 is 5.97 Å². The molecule has 1 unspecified atom stereocenters. The van der Waals surface area contributed by atoms with Gasteiger partial charge in [-0.15, -0.1) is 0 Å². The van der Waals surface area contributed by atoms with Gasteiger partial charge in [0.1, 0.15) is 0 Å². The van der Waals surface area contributed by atoms with Crippen LogP contribution in [0.2, 0.25) is 18.1 Å². The largest absolute Gasteiger partial charge is 0.421 e. The topological polar surface area (TPSA) is 72.9 Å². The molecule has 6 nitrogen and oxygen atoms in total. The number of rotatable bonds is 16. The fourth-order valence-electron chi connectivity index (χ4n) is 4.86. The first-order valence-corrected chi connectivity index (χ1v) is 19.0. The number of benzene rings is 1. The van der Waals surface area contributed by atoms with Crippen LogP contribution in [-0.2, 0) is 30.0 Å². The van der Waals surface area contributed by atoms with Gasteiger partial charge in [-0.05, 0) is 75.2 Å². The molecule has 0 fully saturated rings. The number of allylic oxidation sites excluding steroid dienone is 6. The van der Waals surface area contributed by atoms with E-state index in [0.29, 0.717) is 18.8 Å². The highest BCUT2D eigenvalue weighted by Gasteiger charge is 2.40. The van der Waals surface area contributed by atoms with Gasteiger partial charge in [0.25, 0.3) is 5.91 Å². The zero-order valence-corrected chi connectivity index (χ0v) is 29.5. The van der Waals surface area contributed by atoms with Crippen LogP contribution in [0, 0.1) is 5.92 Å². The molecule has 0 radical (unpaired) electrons. The standard InChI is InChI=1S/C37H55NO5Si/c1-10-28(2)18-13-11-14-19-29(3)20-17-23-33(43-44(8,9)37(5,6)7)24-25-35(40)42-34-27-32(38(30(4)39)36(34)41)26-31-21-15-12-16-22-31/h10-16,18,21-22,27,29,32-33H,17,19-20,23-26H2,1-9H3/b14-11+,18-13+,28-10+/t29-,32?,33+/m0/s1. The van der Waals surface area contributed by atoms with Gasteiger partial charge in [0.15, 0.2) is 14.1 Å². The van der Waals surface area contributed by atoms with Gasteiger partial charge in [0.2, 0.25) is 5.91 Å². The second kappa shape index (κ2) is 17.5. The van der Waals surface area contributed by atoms with Crippen LogP contribution < -0.4 is 0 Å². The van der Waals surface area contributed by atoms with Gasteiger partial charge in [-0.2, -0.15) is 0 Å². The van der Waals surface area contributed by atoms with Crippen molar-refractivity contribution in [1.82, 2.24) is 4.90 Å². The van der Waals surface area contributed by atoms with Crippen molar-refractivity contribution >= 4 is 26.1 Å². The van der Waals surface area contributed by atoms with Crippen LogP contribution in [0.5, 0.6) is 0 Å². The van der Waals surface area contributed by atoms with Crippen LogP contribution in [0.25, 0.3) is 0 Å². The lowest BCUT2D eigenvalue weighted by Gasteiger charge is -2.39. The molecule has 0 saturated heterocycles. The Morgan fingerprint density at radius 2 is 1.73 bits per heavy atom. The maximum absolute atomic E-state index is 13.0. The molecule has 242 valence electrons. The number of hydrogen-bond acceptors (Lipinski definition) is 5. The first kappa shape index (κ1) is 37.2. The van der Waals surface area contributed by atoms with Crippen LogP contribution in [0.15, 0.2) is 78.1 Å². The van der Waals surface area contributed by atoms with Gasteiger partial charge in [0.05, 0.1) is 6.04 Å². The van der Waals surface area contributed by atoms with E-state index in [1.54, 1.807) is 6.08 Å². The summed E-state index contributed by atoms with van der Waals surface area (Å²) in [7, 11) is -2.06. The van der Waals surface area contributed by atoms with Gasteiger partial charge in [-0.3, -0.25) is 19.3 Å². The lowest BCUT2D eigenvalue weighted by molar-refractivity contribution is -0.149. The second-order valence-electron chi connectivity index (χ2n) is 13.6. The summed E-state index contributed by atoms with van der Waals surface area (Å²) < 4.78 is 12.3. The van der Waals surface area contributed by atoms with Crippen molar-refractivity contribution in [2.24, 2.45) is 5.92 Å². The predicted octanol–water partition coefficient (Wildman–Crippen LogP) is 8.86. The average Bonchev–Trinajstić information content (AvgIpc) is 3.24. The van der Waals surface area contributed by atoms with Crippen molar-refractivity contribution in [2.45, 2.75) is 124 Å². The van der Waals surface area contributed by atoms with Crippen molar-refractivity contribution < 1.29 is 23.5 Å². The van der Waals surface area contributed by atoms with Crippen molar-refractivity contribution in [3.8, 4) is 0 Å². The minimum Gasteiger partial charge on any atom is -0.421 e. The Balaban J connectivity index is 1.99. The summed E-state index contributed by atoms with van der Waals surface area (Å²) in [6.45, 7) is 18.9. The van der Waals surface area contributed by atoms with E-state index in [4.69, 9.17) is 9.16 Å². The van der Waals surface area contributed by atoms with E-state index < -0.39 is 26.2 Å². The fraction of sp³-hybridized carbons (Fsp3) is 0.541. The van der Waals surface area contributed by atoms with Crippen molar-refractivity contribution in [1.29, 1.82) is 0 Å². The average molecular weight is 622 g/mol. The Morgan fingerprint density at radius 3 is 2.34 bits per heavy atom. The lowest BCUT2D eigenvalue weighted by Crippen LogP contribution is -2.44. The number of nitrogens with zero attached hydrogens (tertiary/aromatic N) is 1. The number of esters is 1. The summed E-state index contributed by atoms with van der Waals surface area (Å²) in [4.78, 5) is 39.5. The highest BCUT2D eigenvalue weighted by atomic mass is 28.4. The molecule has 1 aliphatic rings. The molecule has 1 aromatic rings. The van der Waals surface area contributed by atoms with Crippen LogP contribution in [0.4, 0.5) is 0 Å². The molecule has 0 aliphatic carbocycles. The molecule has 1 heterocycles. The maximum atomic E-state index is 13.0. The molecule has 7 heteroatoms. The van der Waals surface area contributed by atoms with Crippen LogP contribution in [0.1, 0.15) is 92.6 Å². The highest BCUT2D eigenvalue weighted by molar-refractivity contribution is 6.74. The molecule has 0 aromatic heterocycles. The van der Waals surface area contributed by atoms with Gasteiger partial charge in [-0.1, -0.05) is 107 Å². The van der Waals surface area contributed by atoms with Crippen molar-refractivity contribution in [2.75, 3.05) is 0 Å². The first-order valence-electron chi connectivity index (χ1n) is 16.1. The minimum atomic E-state index is -2.06. The monoisotopic (exact) mass is 621 g/mol. The van der Waals surface area contributed by atoms with Gasteiger partial charge in [-0.25, -0.2) is 0 Å². The third kappa shape index (κ3) is 12.2. The van der Waals surface area contributed by atoms with E-state index in [9.17, 15) is 14.4 Å². The lowest BCUT2D eigenvalue weighted by atomic mass is 9.98. The number of hydrogen-bond donors (Lipinski definition) is 0. The summed E-state index contributed by atoms with van der Waals surface area (Å²) in [6, 6.07) is 9.17. The quantitative estimate of drug-likeness (QED) is 0.105. The number of carbonyl (C=O) groups excluding carboxylic acids is 3. The Hall–Kier alpha value is -3.03. The molecule has 0 bridgehead atoms. The Kier molecular flexibility index (Phi) is 14.7. The van der Waals surface area contributed by atoms with E-state index in [2.05, 4.69) is 78.1 Å². The normalized spacial score (nSPS) is 17.8. The zero-order chi connectivity index (χ0) is 32.9.